The van der Waals surface area contributed by atoms with Crippen LogP contribution in [0.5, 0.6) is 0 Å². The number of ether oxygens (including phenoxy) is 1. The van der Waals surface area contributed by atoms with Gasteiger partial charge in [-0.2, -0.15) is 4.31 Å². The van der Waals surface area contributed by atoms with E-state index in [0.717, 1.165) is 11.3 Å². The van der Waals surface area contributed by atoms with E-state index in [2.05, 4.69) is 6.92 Å². The van der Waals surface area contributed by atoms with Crippen molar-refractivity contribution in [1.82, 2.24) is 4.31 Å². The molecule has 1 aliphatic rings. The molecule has 1 aromatic rings. The third kappa shape index (κ3) is 3.23. The predicted octanol–water partition coefficient (Wildman–Crippen LogP) is 1.33. The van der Waals surface area contributed by atoms with E-state index in [1.54, 1.807) is 19.2 Å². The first-order valence-corrected chi connectivity index (χ1v) is 8.97. The summed E-state index contributed by atoms with van der Waals surface area (Å²) in [6.45, 7) is 3.07. The van der Waals surface area contributed by atoms with E-state index >= 15 is 0 Å². The second kappa shape index (κ2) is 6.53. The average molecular weight is 319 g/mol. The molecule has 1 fully saturated rings. The van der Waals surface area contributed by atoms with Gasteiger partial charge in [0.2, 0.25) is 0 Å². The zero-order chi connectivity index (χ0) is 14.8. The molecule has 5 nitrogen and oxygen atoms in total. The van der Waals surface area contributed by atoms with Crippen molar-refractivity contribution in [2.75, 3.05) is 26.8 Å². The van der Waals surface area contributed by atoms with Gasteiger partial charge in [0, 0.05) is 38.1 Å². The Hall–Kier alpha value is -0.470. The molecule has 0 spiro atoms. The zero-order valence-electron chi connectivity index (χ0n) is 11.8. The molecule has 2 rings (SSSR count). The molecule has 20 heavy (non-hydrogen) atoms. The molecule has 1 saturated heterocycles. The fourth-order valence-electron chi connectivity index (χ4n) is 2.40. The van der Waals surface area contributed by atoms with E-state index in [1.807, 2.05) is 0 Å². The van der Waals surface area contributed by atoms with Crippen LogP contribution in [0.15, 0.2) is 16.3 Å². The Kier molecular flexibility index (Phi) is 5.19. The number of sulfonamides is 1. The first kappa shape index (κ1) is 15.9. The molecule has 1 N–H and O–H groups in total. The van der Waals surface area contributed by atoms with Gasteiger partial charge >= 0.3 is 0 Å². The fourth-order valence-corrected chi connectivity index (χ4v) is 5.37. The van der Waals surface area contributed by atoms with Crippen LogP contribution in [0.3, 0.4) is 0 Å². The summed E-state index contributed by atoms with van der Waals surface area (Å²) in [6, 6.07) is 3.40. The lowest BCUT2D eigenvalue weighted by atomic mass is 9.97. The van der Waals surface area contributed by atoms with Gasteiger partial charge in [-0.05, 0) is 24.5 Å². The SMILES string of the molecule is COC1CN(S(=O)(=O)c2ccc(CCO)s2)CCC1C. The van der Waals surface area contributed by atoms with Crippen molar-refractivity contribution in [3.8, 4) is 0 Å². The number of aliphatic hydroxyl groups is 1. The van der Waals surface area contributed by atoms with Gasteiger partial charge in [0.15, 0.2) is 0 Å². The monoisotopic (exact) mass is 319 g/mol. The van der Waals surface area contributed by atoms with Crippen LogP contribution in [-0.2, 0) is 21.2 Å². The van der Waals surface area contributed by atoms with Crippen molar-refractivity contribution >= 4 is 21.4 Å². The van der Waals surface area contributed by atoms with Gasteiger partial charge in [0.25, 0.3) is 10.0 Å². The van der Waals surface area contributed by atoms with Gasteiger partial charge in [-0.3, -0.25) is 0 Å². The lowest BCUT2D eigenvalue weighted by Gasteiger charge is -2.35. The van der Waals surface area contributed by atoms with E-state index in [-0.39, 0.29) is 12.7 Å². The summed E-state index contributed by atoms with van der Waals surface area (Å²) in [4.78, 5) is 0.889. The highest BCUT2D eigenvalue weighted by molar-refractivity contribution is 7.91. The number of nitrogens with zero attached hydrogens (tertiary/aromatic N) is 1. The topological polar surface area (TPSA) is 66.8 Å². The van der Waals surface area contributed by atoms with E-state index in [1.165, 1.54) is 15.6 Å². The largest absolute Gasteiger partial charge is 0.396 e. The Balaban J connectivity index is 2.17. The quantitative estimate of drug-likeness (QED) is 0.889. The van der Waals surface area contributed by atoms with E-state index in [9.17, 15) is 8.42 Å². The van der Waals surface area contributed by atoms with Crippen molar-refractivity contribution in [3.05, 3.63) is 17.0 Å². The molecule has 1 aliphatic heterocycles. The lowest BCUT2D eigenvalue weighted by molar-refractivity contribution is 0.0184. The Morgan fingerprint density at radius 1 is 1.50 bits per heavy atom. The molecule has 114 valence electrons. The lowest BCUT2D eigenvalue weighted by Crippen LogP contribution is -2.46. The molecule has 2 heterocycles. The van der Waals surface area contributed by atoms with E-state index < -0.39 is 10.0 Å². The summed E-state index contributed by atoms with van der Waals surface area (Å²) in [6.07, 6.45) is 1.26. The third-order valence-corrected chi connectivity index (χ3v) is 7.22. The molecular weight excluding hydrogens is 298 g/mol. The highest BCUT2D eigenvalue weighted by atomic mass is 32.2. The highest BCUT2D eigenvalue weighted by Crippen LogP contribution is 2.29. The molecular formula is C13H21NO4S2. The first-order chi connectivity index (χ1) is 9.48. The van der Waals surface area contributed by atoms with E-state index in [4.69, 9.17) is 9.84 Å². The maximum atomic E-state index is 12.6. The minimum Gasteiger partial charge on any atom is -0.396 e. The van der Waals surface area contributed by atoms with Crippen LogP contribution in [0.25, 0.3) is 0 Å². The highest BCUT2D eigenvalue weighted by Gasteiger charge is 2.34. The minimum atomic E-state index is -3.44. The number of hydrogen-bond acceptors (Lipinski definition) is 5. The average Bonchev–Trinajstić information content (AvgIpc) is 2.89. The second-order valence-electron chi connectivity index (χ2n) is 5.10. The predicted molar refractivity (Wildman–Crippen MR) is 78.4 cm³/mol. The van der Waals surface area contributed by atoms with Crippen LogP contribution >= 0.6 is 11.3 Å². The molecule has 2 unspecified atom stereocenters. The number of methoxy groups -OCH3 is 1. The Labute approximate surface area is 124 Å². The van der Waals surface area contributed by atoms with Crippen LogP contribution in [0.4, 0.5) is 0 Å². The van der Waals surface area contributed by atoms with Crippen molar-refractivity contribution in [2.45, 2.75) is 30.1 Å². The Morgan fingerprint density at radius 2 is 2.25 bits per heavy atom. The van der Waals surface area contributed by atoms with Crippen molar-refractivity contribution in [1.29, 1.82) is 0 Å². The number of piperidine rings is 1. The van der Waals surface area contributed by atoms with Gasteiger partial charge in [-0.25, -0.2) is 8.42 Å². The van der Waals surface area contributed by atoms with Gasteiger partial charge in [-0.15, -0.1) is 11.3 Å². The summed E-state index contributed by atoms with van der Waals surface area (Å²) < 4.78 is 32.4. The van der Waals surface area contributed by atoms with Crippen molar-refractivity contribution < 1.29 is 18.3 Å². The third-order valence-electron chi connectivity index (χ3n) is 3.74. The van der Waals surface area contributed by atoms with Gasteiger partial charge < -0.3 is 9.84 Å². The van der Waals surface area contributed by atoms with Gasteiger partial charge in [0.1, 0.15) is 4.21 Å². The van der Waals surface area contributed by atoms with Crippen LogP contribution in [-0.4, -0.2) is 50.7 Å². The second-order valence-corrected chi connectivity index (χ2v) is 8.43. The standard InChI is InChI=1S/C13H21NO4S2/c1-10-5-7-14(9-12(10)18-2)20(16,17)13-4-3-11(19-13)6-8-15/h3-4,10,12,15H,5-9H2,1-2H3. The molecule has 0 aromatic carbocycles. The van der Waals surface area contributed by atoms with Crippen LogP contribution in [0.2, 0.25) is 0 Å². The molecule has 0 aliphatic carbocycles. The summed E-state index contributed by atoms with van der Waals surface area (Å²) in [5, 5.41) is 8.91. The number of aliphatic hydroxyl groups excluding tert-OH is 1. The Morgan fingerprint density at radius 3 is 2.90 bits per heavy atom. The molecule has 2 atom stereocenters. The smallest absolute Gasteiger partial charge is 0.252 e. The molecule has 7 heteroatoms. The van der Waals surface area contributed by atoms with Gasteiger partial charge in [0.05, 0.1) is 6.10 Å². The molecule has 0 bridgehead atoms. The van der Waals surface area contributed by atoms with Crippen molar-refractivity contribution in [2.24, 2.45) is 5.92 Å². The Bertz CT molecular complexity index is 540. The molecule has 0 saturated carbocycles. The summed E-state index contributed by atoms with van der Waals surface area (Å²) >= 11 is 1.24. The number of rotatable bonds is 5. The normalized spacial score (nSPS) is 24.9. The maximum Gasteiger partial charge on any atom is 0.252 e. The summed E-state index contributed by atoms with van der Waals surface area (Å²) in [7, 11) is -1.81. The van der Waals surface area contributed by atoms with Crippen LogP contribution in [0.1, 0.15) is 18.2 Å². The molecule has 0 radical (unpaired) electrons. The number of hydrogen-bond donors (Lipinski definition) is 1. The fraction of sp³-hybridized carbons (Fsp3) is 0.692. The zero-order valence-corrected chi connectivity index (χ0v) is 13.4. The summed E-state index contributed by atoms with van der Waals surface area (Å²) in [5.41, 5.74) is 0. The number of thiophene rings is 1. The van der Waals surface area contributed by atoms with Crippen LogP contribution in [0, 0.1) is 5.92 Å². The molecule has 1 aromatic heterocycles. The molecule has 0 amide bonds. The maximum absolute atomic E-state index is 12.6. The van der Waals surface area contributed by atoms with Gasteiger partial charge in [-0.1, -0.05) is 6.92 Å². The summed E-state index contributed by atoms with van der Waals surface area (Å²) in [5.74, 6) is 0.375. The first-order valence-electron chi connectivity index (χ1n) is 6.71. The van der Waals surface area contributed by atoms with Crippen molar-refractivity contribution in [3.63, 3.8) is 0 Å². The van der Waals surface area contributed by atoms with Crippen LogP contribution < -0.4 is 0 Å². The van der Waals surface area contributed by atoms with E-state index in [0.29, 0.717) is 29.6 Å². The minimum absolute atomic E-state index is 0.0347.